The highest BCUT2D eigenvalue weighted by atomic mass is 16.5. The van der Waals surface area contributed by atoms with Gasteiger partial charge in [-0.2, -0.15) is 0 Å². The van der Waals surface area contributed by atoms with Crippen LogP contribution < -0.4 is 9.64 Å². The van der Waals surface area contributed by atoms with Gasteiger partial charge in [0, 0.05) is 55.4 Å². The Morgan fingerprint density at radius 1 is 0.974 bits per heavy atom. The number of nitrogens with zero attached hydrogens (tertiary/aromatic N) is 5. The van der Waals surface area contributed by atoms with Crippen LogP contribution in [0.1, 0.15) is 50.9 Å². The molecule has 0 bridgehead atoms. The first kappa shape index (κ1) is 26.7. The van der Waals surface area contributed by atoms with Crippen molar-refractivity contribution in [2.24, 2.45) is 11.8 Å². The van der Waals surface area contributed by atoms with E-state index < -0.39 is 5.54 Å². The molecule has 2 aliphatic heterocycles. The molecular weight excluding hydrogens is 490 g/mol. The van der Waals surface area contributed by atoms with Crippen LogP contribution in [-0.4, -0.2) is 51.4 Å². The van der Waals surface area contributed by atoms with Crippen molar-refractivity contribution in [1.29, 1.82) is 0 Å². The van der Waals surface area contributed by atoms with E-state index in [0.29, 0.717) is 37.1 Å². The van der Waals surface area contributed by atoms with Crippen LogP contribution in [-0.2, 0) is 23.4 Å². The van der Waals surface area contributed by atoms with Gasteiger partial charge in [-0.25, -0.2) is 4.79 Å². The number of rotatable bonds is 9. The molecular formula is C31H37N5O3. The zero-order valence-corrected chi connectivity index (χ0v) is 23.2. The molecule has 5 rings (SSSR count). The number of hydrogen-bond donors (Lipinski definition) is 0. The lowest BCUT2D eigenvalue weighted by Crippen LogP contribution is -2.53. The van der Waals surface area contributed by atoms with Crippen molar-refractivity contribution in [2.45, 2.75) is 52.7 Å². The van der Waals surface area contributed by atoms with E-state index in [4.69, 9.17) is 4.74 Å². The van der Waals surface area contributed by atoms with Crippen molar-refractivity contribution >= 4 is 17.6 Å². The Balaban J connectivity index is 1.61. The van der Waals surface area contributed by atoms with Gasteiger partial charge < -0.3 is 14.5 Å². The fourth-order valence-electron chi connectivity index (χ4n) is 5.56. The molecule has 1 atom stereocenters. The van der Waals surface area contributed by atoms with Crippen molar-refractivity contribution in [3.63, 3.8) is 0 Å². The molecule has 0 N–H and O–H groups in total. The van der Waals surface area contributed by atoms with Gasteiger partial charge in [-0.05, 0) is 41.7 Å². The average Bonchev–Trinajstić information content (AvgIpc) is 3.11. The Morgan fingerprint density at radius 2 is 1.82 bits per heavy atom. The monoisotopic (exact) mass is 527 g/mol. The zero-order chi connectivity index (χ0) is 27.6. The maximum Gasteiger partial charge on any atom is 0.328 e. The number of benzene rings is 1. The third-order valence-electron chi connectivity index (χ3n) is 7.30. The maximum atomic E-state index is 14.5. The number of pyridine rings is 2. The molecule has 8 heteroatoms. The first-order valence-corrected chi connectivity index (χ1v) is 13.7. The molecule has 1 spiro atoms. The van der Waals surface area contributed by atoms with Crippen LogP contribution in [0.2, 0.25) is 0 Å². The van der Waals surface area contributed by atoms with Crippen LogP contribution in [0.5, 0.6) is 5.75 Å². The third-order valence-corrected chi connectivity index (χ3v) is 7.30. The summed E-state index contributed by atoms with van der Waals surface area (Å²) in [7, 11) is 0. The van der Waals surface area contributed by atoms with Crippen LogP contribution in [0.4, 0.5) is 10.5 Å². The number of imide groups is 1. The first-order chi connectivity index (χ1) is 18.8. The smallest absolute Gasteiger partial charge is 0.328 e. The first-order valence-electron chi connectivity index (χ1n) is 13.7. The summed E-state index contributed by atoms with van der Waals surface area (Å²) in [5.74, 6) is 1.39. The van der Waals surface area contributed by atoms with E-state index in [9.17, 15) is 9.59 Å². The lowest BCUT2D eigenvalue weighted by Gasteiger charge is -2.45. The third kappa shape index (κ3) is 5.20. The SMILES string of the molecule is CC(C)COc1ccc2c(c1)N(CC(C)C)CCC21C(=O)N(Cc2ccccn2)C(=O)N1Cc1cccnc1. The number of carbonyl (C=O) groups is 2. The molecule has 8 nitrogen and oxygen atoms in total. The van der Waals surface area contributed by atoms with E-state index in [-0.39, 0.29) is 25.0 Å². The molecule has 1 unspecified atom stereocenters. The van der Waals surface area contributed by atoms with Crippen molar-refractivity contribution in [3.8, 4) is 5.75 Å². The standard InChI is InChI=1S/C31H37N5O3/c1-22(2)18-34-15-12-31(27-11-10-26(16-28(27)34)39-21-23(3)4)29(37)35(20-25-9-5-6-14-33-25)30(38)36(31)19-24-8-7-13-32-17-24/h5-11,13-14,16-17,22-23H,12,15,18-21H2,1-4H3. The number of urea groups is 1. The van der Waals surface area contributed by atoms with Gasteiger partial charge in [0.25, 0.3) is 5.91 Å². The van der Waals surface area contributed by atoms with Crippen molar-refractivity contribution in [2.75, 3.05) is 24.6 Å². The highest BCUT2D eigenvalue weighted by Gasteiger charge is 2.60. The lowest BCUT2D eigenvalue weighted by atomic mass is 9.80. The Bertz CT molecular complexity index is 1310. The summed E-state index contributed by atoms with van der Waals surface area (Å²) < 4.78 is 6.09. The Morgan fingerprint density at radius 3 is 2.51 bits per heavy atom. The molecule has 1 saturated heterocycles. The minimum Gasteiger partial charge on any atom is -0.493 e. The number of amides is 3. The Kier molecular flexibility index (Phi) is 7.55. The van der Waals surface area contributed by atoms with Gasteiger partial charge in [-0.15, -0.1) is 0 Å². The normalized spacial score (nSPS) is 19.0. The van der Waals surface area contributed by atoms with Crippen molar-refractivity contribution < 1.29 is 14.3 Å². The van der Waals surface area contributed by atoms with Crippen molar-refractivity contribution in [1.82, 2.24) is 19.8 Å². The minimum atomic E-state index is -1.12. The second-order valence-electron chi connectivity index (χ2n) is 11.3. The molecule has 2 aliphatic rings. The van der Waals surface area contributed by atoms with Crippen LogP contribution in [0.3, 0.4) is 0 Å². The highest BCUT2D eigenvalue weighted by Crippen LogP contribution is 2.49. The second kappa shape index (κ2) is 11.0. The number of anilines is 1. The van der Waals surface area contributed by atoms with E-state index in [0.717, 1.165) is 29.1 Å². The van der Waals surface area contributed by atoms with Gasteiger partial charge in [0.1, 0.15) is 5.75 Å². The zero-order valence-electron chi connectivity index (χ0n) is 23.2. The van der Waals surface area contributed by atoms with E-state index in [1.165, 1.54) is 4.90 Å². The van der Waals surface area contributed by atoms with E-state index in [1.807, 2.05) is 48.5 Å². The molecule has 2 aromatic heterocycles. The van der Waals surface area contributed by atoms with Gasteiger partial charge in [0.05, 0.1) is 25.4 Å². The summed E-state index contributed by atoms with van der Waals surface area (Å²) in [6.07, 6.45) is 5.65. The predicted molar refractivity (Wildman–Crippen MR) is 150 cm³/mol. The average molecular weight is 528 g/mol. The van der Waals surface area contributed by atoms with Crippen LogP contribution >= 0.6 is 0 Å². The van der Waals surface area contributed by atoms with Gasteiger partial charge in [0.15, 0.2) is 5.54 Å². The molecule has 3 aromatic rings. The number of fused-ring (bicyclic) bond motifs is 2. The van der Waals surface area contributed by atoms with Crippen LogP contribution in [0, 0.1) is 11.8 Å². The maximum absolute atomic E-state index is 14.5. The van der Waals surface area contributed by atoms with Gasteiger partial charge >= 0.3 is 6.03 Å². The molecule has 1 aromatic carbocycles. The minimum absolute atomic E-state index is 0.129. The fraction of sp³-hybridized carbons (Fsp3) is 0.419. The topological polar surface area (TPSA) is 78.9 Å². The summed E-state index contributed by atoms with van der Waals surface area (Å²) in [6.45, 7) is 11.1. The molecule has 1 fully saturated rings. The predicted octanol–water partition coefficient (Wildman–Crippen LogP) is 5.24. The quantitative estimate of drug-likeness (QED) is 0.354. The van der Waals surface area contributed by atoms with Gasteiger partial charge in [0.2, 0.25) is 0 Å². The number of aromatic nitrogens is 2. The largest absolute Gasteiger partial charge is 0.493 e. The number of carbonyl (C=O) groups excluding carboxylic acids is 2. The summed E-state index contributed by atoms with van der Waals surface area (Å²) >= 11 is 0. The fourth-order valence-corrected chi connectivity index (χ4v) is 5.56. The Hall–Kier alpha value is -3.94. The lowest BCUT2D eigenvalue weighted by molar-refractivity contribution is -0.134. The number of ether oxygens (including phenoxy) is 1. The van der Waals surface area contributed by atoms with Crippen molar-refractivity contribution in [3.05, 3.63) is 83.9 Å². The van der Waals surface area contributed by atoms with Crippen LogP contribution in [0.25, 0.3) is 0 Å². The van der Waals surface area contributed by atoms with E-state index in [2.05, 4.69) is 42.6 Å². The van der Waals surface area contributed by atoms with Gasteiger partial charge in [-0.3, -0.25) is 19.7 Å². The summed E-state index contributed by atoms with van der Waals surface area (Å²) in [6, 6.07) is 15.0. The molecule has 0 radical (unpaired) electrons. The summed E-state index contributed by atoms with van der Waals surface area (Å²) in [5, 5.41) is 0. The molecule has 3 amide bonds. The van der Waals surface area contributed by atoms with Crippen LogP contribution in [0.15, 0.2) is 67.1 Å². The summed E-state index contributed by atoms with van der Waals surface area (Å²) in [5.41, 5.74) is 2.22. The highest BCUT2D eigenvalue weighted by molar-refractivity contribution is 6.08. The Labute approximate surface area is 230 Å². The molecule has 4 heterocycles. The molecule has 0 aliphatic carbocycles. The second-order valence-corrected chi connectivity index (χ2v) is 11.3. The van der Waals surface area contributed by atoms with Gasteiger partial charge in [-0.1, -0.05) is 45.9 Å². The molecule has 204 valence electrons. The van der Waals surface area contributed by atoms with E-state index in [1.54, 1.807) is 23.5 Å². The number of hydrogen-bond acceptors (Lipinski definition) is 6. The summed E-state index contributed by atoms with van der Waals surface area (Å²) in [4.78, 5) is 42.6. The van der Waals surface area contributed by atoms with E-state index >= 15 is 0 Å². The molecule has 39 heavy (non-hydrogen) atoms. The molecule has 0 saturated carbocycles.